The van der Waals surface area contributed by atoms with Crippen LogP contribution in [0.1, 0.15) is 60.8 Å². The fraction of sp³-hybridized carbons (Fsp3) is 0.824. The summed E-state index contributed by atoms with van der Waals surface area (Å²) in [7, 11) is -1.80. The van der Waals surface area contributed by atoms with Crippen LogP contribution in [0.5, 0.6) is 0 Å². The average molecular weight is 297 g/mol. The highest BCUT2D eigenvalue weighted by Crippen LogP contribution is 2.45. The minimum Gasteiger partial charge on any atom is -0.413 e. The van der Waals surface area contributed by atoms with E-state index in [-0.39, 0.29) is 0 Å². The van der Waals surface area contributed by atoms with E-state index in [0.717, 1.165) is 19.1 Å². The van der Waals surface area contributed by atoms with Gasteiger partial charge in [-0.05, 0) is 35.5 Å². The Morgan fingerprint density at radius 2 is 1.55 bits per heavy atom. The van der Waals surface area contributed by atoms with E-state index in [1.807, 2.05) is 0 Å². The molecule has 1 aliphatic rings. The highest BCUT2D eigenvalue weighted by Gasteiger charge is 2.47. The zero-order valence-corrected chi connectivity index (χ0v) is 15.1. The van der Waals surface area contributed by atoms with Gasteiger partial charge in [-0.15, -0.1) is 0 Å². The summed E-state index contributed by atoms with van der Waals surface area (Å²) in [5.41, 5.74) is 1.87. The molecule has 2 atom stereocenters. The summed E-state index contributed by atoms with van der Waals surface area (Å²) < 4.78 is 6.86. The number of carbonyl (C=O) groups excluding carboxylic acids is 1. The highest BCUT2D eigenvalue weighted by molar-refractivity contribution is 6.77. The molecule has 0 amide bonds. The summed E-state index contributed by atoms with van der Waals surface area (Å²) >= 11 is 0. The van der Waals surface area contributed by atoms with Gasteiger partial charge in [-0.25, -0.2) is 0 Å². The zero-order chi connectivity index (χ0) is 15.3. The lowest BCUT2D eigenvalue weighted by Gasteiger charge is -2.45. The molecule has 20 heavy (non-hydrogen) atoms. The highest BCUT2D eigenvalue weighted by atomic mass is 28.4. The number of hydrogen-bond acceptors (Lipinski definition) is 2. The van der Waals surface area contributed by atoms with Crippen molar-refractivity contribution in [1.82, 2.24) is 0 Å². The Labute approximate surface area is 126 Å². The van der Waals surface area contributed by atoms with E-state index in [1.165, 1.54) is 6.42 Å². The largest absolute Gasteiger partial charge is 0.413 e. The Morgan fingerprint density at radius 1 is 1.00 bits per heavy atom. The Bertz CT molecular complexity index is 312. The van der Waals surface area contributed by atoms with E-state index >= 15 is 0 Å². The molecule has 0 aromatic heterocycles. The van der Waals surface area contributed by atoms with Crippen LogP contribution in [-0.4, -0.2) is 20.7 Å². The van der Waals surface area contributed by atoms with Crippen molar-refractivity contribution in [3.63, 3.8) is 0 Å². The maximum Gasteiger partial charge on any atom is 0.200 e. The lowest BCUT2D eigenvalue weighted by Crippen LogP contribution is -2.50. The fourth-order valence-electron chi connectivity index (χ4n) is 4.18. The van der Waals surface area contributed by atoms with Crippen LogP contribution in [0.3, 0.4) is 0 Å². The van der Waals surface area contributed by atoms with Crippen LogP contribution < -0.4 is 0 Å². The van der Waals surface area contributed by atoms with Gasteiger partial charge in [-0.2, -0.15) is 0 Å². The second-order valence-electron chi connectivity index (χ2n) is 7.09. The molecular weight excluding hydrogens is 264 g/mol. The normalized spacial score (nSPS) is 24.4. The molecule has 0 aromatic carbocycles. The molecule has 0 aromatic rings. The predicted molar refractivity (Wildman–Crippen MR) is 88.5 cm³/mol. The van der Waals surface area contributed by atoms with Gasteiger partial charge in [0.1, 0.15) is 6.29 Å². The Morgan fingerprint density at radius 3 is 2.00 bits per heavy atom. The number of carbonyl (C=O) groups is 1. The molecule has 0 spiro atoms. The van der Waals surface area contributed by atoms with E-state index in [0.29, 0.717) is 28.6 Å². The molecule has 116 valence electrons. The van der Waals surface area contributed by atoms with Gasteiger partial charge in [0.05, 0.1) is 6.10 Å². The second-order valence-corrected chi connectivity index (χ2v) is 12.5. The SMILES string of the molecule is CC(C)[Si](O[C@H]1CCC[C@@H]1/C=C/C=O)(C(C)C)C(C)C. The molecule has 1 rings (SSSR count). The quantitative estimate of drug-likeness (QED) is 0.371. The standard InChI is InChI=1S/C17H32O2Si/c1-13(2)20(14(3)4,15(5)6)19-17-11-7-9-16(17)10-8-12-18/h8,10,12-17H,7,9,11H2,1-6H3/b10-8+/t16-,17+/m1/s1. The molecule has 0 radical (unpaired) electrons. The third-order valence-corrected chi connectivity index (χ3v) is 11.1. The van der Waals surface area contributed by atoms with Crippen LogP contribution in [0, 0.1) is 5.92 Å². The van der Waals surface area contributed by atoms with Gasteiger partial charge in [0.25, 0.3) is 0 Å². The van der Waals surface area contributed by atoms with Crippen LogP contribution in [-0.2, 0) is 9.22 Å². The summed E-state index contributed by atoms with van der Waals surface area (Å²) in [6.45, 7) is 14.0. The molecule has 0 aliphatic heterocycles. The van der Waals surface area contributed by atoms with E-state index < -0.39 is 8.32 Å². The fourth-order valence-corrected chi connectivity index (χ4v) is 9.81. The van der Waals surface area contributed by atoms with Crippen molar-refractivity contribution >= 4 is 14.6 Å². The van der Waals surface area contributed by atoms with Gasteiger partial charge >= 0.3 is 0 Å². The summed E-state index contributed by atoms with van der Waals surface area (Å²) in [5, 5.41) is 0. The van der Waals surface area contributed by atoms with Gasteiger partial charge < -0.3 is 4.43 Å². The van der Waals surface area contributed by atoms with Crippen molar-refractivity contribution in [2.75, 3.05) is 0 Å². The Kier molecular flexibility index (Phi) is 6.66. The number of rotatable bonds is 7. The van der Waals surface area contributed by atoms with Crippen LogP contribution in [0.15, 0.2) is 12.2 Å². The predicted octanol–water partition coefficient (Wildman–Crippen LogP) is 5.10. The molecule has 3 heteroatoms. The van der Waals surface area contributed by atoms with Gasteiger partial charge in [-0.1, -0.05) is 54.0 Å². The van der Waals surface area contributed by atoms with Crippen molar-refractivity contribution in [3.8, 4) is 0 Å². The molecule has 0 heterocycles. The molecule has 1 saturated carbocycles. The lowest BCUT2D eigenvalue weighted by molar-refractivity contribution is -0.104. The Hall–Kier alpha value is -0.413. The Balaban J connectivity index is 2.94. The molecule has 0 unspecified atom stereocenters. The van der Waals surface area contributed by atoms with Gasteiger partial charge in [-0.3, -0.25) is 4.79 Å². The van der Waals surface area contributed by atoms with E-state index in [9.17, 15) is 4.79 Å². The lowest BCUT2D eigenvalue weighted by atomic mass is 10.1. The van der Waals surface area contributed by atoms with E-state index in [1.54, 1.807) is 6.08 Å². The first kappa shape index (κ1) is 17.6. The molecule has 0 saturated heterocycles. The zero-order valence-electron chi connectivity index (χ0n) is 14.1. The molecule has 0 bridgehead atoms. The third-order valence-electron chi connectivity index (χ3n) is 5.00. The van der Waals surface area contributed by atoms with Crippen molar-refractivity contribution < 1.29 is 9.22 Å². The summed E-state index contributed by atoms with van der Waals surface area (Å²) in [6.07, 6.45) is 8.44. The van der Waals surface area contributed by atoms with Gasteiger partial charge in [0, 0.05) is 5.92 Å². The van der Waals surface area contributed by atoms with Crippen molar-refractivity contribution in [2.24, 2.45) is 5.92 Å². The molecule has 2 nitrogen and oxygen atoms in total. The summed E-state index contributed by atoms with van der Waals surface area (Å²) in [5.74, 6) is 0.434. The third kappa shape index (κ3) is 3.61. The molecular formula is C17H32O2Si. The first-order valence-corrected chi connectivity index (χ1v) is 10.3. The number of hydrogen-bond donors (Lipinski definition) is 0. The maximum atomic E-state index is 10.6. The van der Waals surface area contributed by atoms with Crippen LogP contribution in [0.4, 0.5) is 0 Å². The first-order valence-electron chi connectivity index (χ1n) is 8.16. The topological polar surface area (TPSA) is 26.3 Å². The maximum absolute atomic E-state index is 10.6. The van der Waals surface area contributed by atoms with E-state index in [4.69, 9.17) is 4.43 Å². The van der Waals surface area contributed by atoms with Crippen LogP contribution in [0.25, 0.3) is 0 Å². The van der Waals surface area contributed by atoms with Crippen molar-refractivity contribution in [1.29, 1.82) is 0 Å². The smallest absolute Gasteiger partial charge is 0.200 e. The minimum atomic E-state index is -1.80. The van der Waals surface area contributed by atoms with Crippen LogP contribution >= 0.6 is 0 Å². The van der Waals surface area contributed by atoms with Crippen molar-refractivity contribution in [3.05, 3.63) is 12.2 Å². The molecule has 0 N–H and O–H groups in total. The van der Waals surface area contributed by atoms with Crippen molar-refractivity contribution in [2.45, 2.75) is 83.5 Å². The minimum absolute atomic E-state index is 0.324. The molecule has 1 fully saturated rings. The summed E-state index contributed by atoms with van der Waals surface area (Å²) in [4.78, 5) is 10.6. The second kappa shape index (κ2) is 7.55. The first-order chi connectivity index (χ1) is 9.36. The van der Waals surface area contributed by atoms with Gasteiger partial charge in [0.2, 0.25) is 8.32 Å². The number of aldehydes is 1. The monoisotopic (exact) mass is 296 g/mol. The number of allylic oxidation sites excluding steroid dienone is 1. The molecule has 1 aliphatic carbocycles. The average Bonchev–Trinajstić information content (AvgIpc) is 2.79. The van der Waals surface area contributed by atoms with E-state index in [2.05, 4.69) is 47.6 Å². The summed E-state index contributed by atoms with van der Waals surface area (Å²) in [6, 6.07) is 0. The van der Waals surface area contributed by atoms with Gasteiger partial charge in [0.15, 0.2) is 0 Å². The van der Waals surface area contributed by atoms with Crippen LogP contribution in [0.2, 0.25) is 16.6 Å².